The van der Waals surface area contributed by atoms with Crippen LogP contribution in [0.2, 0.25) is 5.02 Å². The summed E-state index contributed by atoms with van der Waals surface area (Å²) in [7, 11) is 0. The number of amides is 1. The van der Waals surface area contributed by atoms with Crippen molar-refractivity contribution in [2.45, 2.75) is 53.5 Å². The monoisotopic (exact) mass is 550 g/mol. The number of para-hydroxylation sites is 1. The van der Waals surface area contributed by atoms with Crippen LogP contribution in [0.1, 0.15) is 57.7 Å². The normalized spacial score (nSPS) is 15.3. The van der Waals surface area contributed by atoms with Crippen molar-refractivity contribution in [1.82, 2.24) is 8.99 Å². The van der Waals surface area contributed by atoms with Gasteiger partial charge in [-0.15, -0.1) is 0 Å². The first-order chi connectivity index (χ1) is 18.1. The second-order valence-electron chi connectivity index (χ2n) is 10.4. The summed E-state index contributed by atoms with van der Waals surface area (Å²) in [6.07, 6.45) is 1.41. The van der Waals surface area contributed by atoms with E-state index in [1.165, 1.54) is 4.42 Å². The maximum atomic E-state index is 13.4. The molecule has 1 aliphatic rings. The summed E-state index contributed by atoms with van der Waals surface area (Å²) in [4.78, 5) is 13.4. The Morgan fingerprint density at radius 3 is 2.34 bits per heavy atom. The molecule has 4 aromatic rings. The number of halogens is 2. The Hall–Kier alpha value is -3.15. The van der Waals surface area contributed by atoms with Crippen LogP contribution in [0.5, 0.6) is 11.5 Å². The van der Waals surface area contributed by atoms with Gasteiger partial charge in [-0.3, -0.25) is 4.79 Å². The first-order valence-electron chi connectivity index (χ1n) is 12.9. The molecule has 2 heterocycles. The van der Waals surface area contributed by atoms with E-state index < -0.39 is 0 Å². The molecule has 0 spiro atoms. The fourth-order valence-corrected chi connectivity index (χ4v) is 6.25. The van der Waals surface area contributed by atoms with Gasteiger partial charge in [0.1, 0.15) is 17.2 Å². The lowest BCUT2D eigenvalue weighted by Crippen LogP contribution is -2.36. The molecule has 3 aromatic carbocycles. The number of carbonyl (C=O) groups excluding carboxylic acids is 1. The number of fused-ring (bicyclic) bond motifs is 3. The van der Waals surface area contributed by atoms with Crippen molar-refractivity contribution in [2.75, 3.05) is 13.2 Å². The molecule has 1 aromatic heterocycles. The number of aryl methyl sites for hydroxylation is 5. The van der Waals surface area contributed by atoms with E-state index >= 15 is 0 Å². The minimum absolute atomic E-state index is 0.00611. The zero-order chi connectivity index (χ0) is 27.3. The highest BCUT2D eigenvalue weighted by Crippen LogP contribution is 2.42. The van der Waals surface area contributed by atoms with E-state index in [0.29, 0.717) is 25.3 Å². The van der Waals surface area contributed by atoms with E-state index in [0.717, 1.165) is 67.0 Å². The largest absolute Gasteiger partial charge is 0.508 e. The summed E-state index contributed by atoms with van der Waals surface area (Å²) in [5.74, 6) is 0.873. The van der Waals surface area contributed by atoms with E-state index in [1.807, 2.05) is 45.9 Å². The third-order valence-electron chi connectivity index (χ3n) is 7.45. The average molecular weight is 552 g/mol. The van der Waals surface area contributed by atoms with Gasteiger partial charge in [-0.25, -0.2) is 4.42 Å². The summed E-state index contributed by atoms with van der Waals surface area (Å²) in [5.41, 5.74) is 8.75. The molecule has 1 N–H and O–H groups in total. The fourth-order valence-electron chi connectivity index (χ4n) is 5.86. The molecular weight excluding hydrogens is 519 g/mol. The van der Waals surface area contributed by atoms with E-state index in [-0.39, 0.29) is 17.7 Å². The van der Waals surface area contributed by atoms with Crippen LogP contribution in [0.15, 0.2) is 42.5 Å². The second-order valence-corrected chi connectivity index (χ2v) is 11.2. The topological polar surface area (TPSA) is 54.7 Å². The fraction of sp³-hybridized carbons (Fsp3) is 0.323. The number of phenols is 1. The van der Waals surface area contributed by atoms with Crippen LogP contribution >= 0.6 is 23.4 Å². The van der Waals surface area contributed by atoms with Gasteiger partial charge in [0, 0.05) is 27.7 Å². The van der Waals surface area contributed by atoms with Crippen molar-refractivity contribution in [1.29, 1.82) is 0 Å². The van der Waals surface area contributed by atoms with Gasteiger partial charge in [0.25, 0.3) is 5.91 Å². The number of hydrogen-bond acceptors (Lipinski definition) is 3. The first kappa shape index (κ1) is 26.5. The summed E-state index contributed by atoms with van der Waals surface area (Å²) >= 11 is 12.7. The third kappa shape index (κ3) is 4.52. The summed E-state index contributed by atoms with van der Waals surface area (Å²) in [5, 5.41) is 12.0. The first-order valence-corrected chi connectivity index (χ1v) is 13.6. The lowest BCUT2D eigenvalue weighted by molar-refractivity contribution is 0.0809. The number of ether oxygens (including phenoxy) is 1. The molecular formula is C31H32Cl2N2O3. The molecule has 198 valence electrons. The SMILES string of the molecule is Cc1cc(OCCCc2c3n(c4c(-c5c(C)cc(O)cc5C)cccc24)[C@H](C)CN(Cl)C3=O)cc(C)c1Cl. The average Bonchev–Trinajstić information content (AvgIpc) is 3.19. The molecule has 0 saturated carbocycles. The molecule has 0 fully saturated rings. The zero-order valence-corrected chi connectivity index (χ0v) is 23.9. The van der Waals surface area contributed by atoms with Crippen LogP contribution in [-0.2, 0) is 6.42 Å². The molecule has 0 radical (unpaired) electrons. The third-order valence-corrected chi connectivity index (χ3v) is 8.34. The van der Waals surface area contributed by atoms with Gasteiger partial charge in [-0.2, -0.15) is 0 Å². The number of nitrogens with zero attached hydrogens (tertiary/aromatic N) is 2. The van der Waals surface area contributed by atoms with Crippen LogP contribution in [0.25, 0.3) is 22.0 Å². The molecule has 0 bridgehead atoms. The van der Waals surface area contributed by atoms with Crippen molar-refractivity contribution >= 4 is 40.2 Å². The van der Waals surface area contributed by atoms with Crippen LogP contribution in [0.3, 0.4) is 0 Å². The Morgan fingerprint density at radius 1 is 1.03 bits per heavy atom. The molecule has 5 rings (SSSR count). The van der Waals surface area contributed by atoms with Crippen LogP contribution in [0.4, 0.5) is 0 Å². The predicted octanol–water partition coefficient (Wildman–Crippen LogP) is 8.08. The highest BCUT2D eigenvalue weighted by Gasteiger charge is 2.34. The second kappa shape index (κ2) is 10.2. The summed E-state index contributed by atoms with van der Waals surface area (Å²) in [6, 6.07) is 13.7. The van der Waals surface area contributed by atoms with E-state index in [2.05, 4.69) is 23.6 Å². The van der Waals surface area contributed by atoms with Crippen molar-refractivity contribution in [3.8, 4) is 22.6 Å². The number of phenolic OH excluding ortho intramolecular Hbond substituents is 1. The van der Waals surface area contributed by atoms with Gasteiger partial charge < -0.3 is 14.4 Å². The smallest absolute Gasteiger partial charge is 0.285 e. The van der Waals surface area contributed by atoms with Gasteiger partial charge >= 0.3 is 0 Å². The Morgan fingerprint density at radius 2 is 1.68 bits per heavy atom. The highest BCUT2D eigenvalue weighted by molar-refractivity contribution is 6.32. The standard InChI is InChI=1S/C31H32Cl2N2O3/c1-17-12-22(36)13-18(2)27(17)26-9-6-8-24-25(30-31(37)34(33)16-21(5)35(30)29(24)26)10-7-11-38-23-14-19(3)28(32)20(4)15-23/h6,8-9,12-15,21,36H,7,10-11,16H2,1-5H3/t21-/m1/s1. The van der Waals surface area contributed by atoms with E-state index in [1.54, 1.807) is 12.1 Å². The Balaban J connectivity index is 1.57. The Bertz CT molecular complexity index is 1530. The van der Waals surface area contributed by atoms with E-state index in [9.17, 15) is 9.90 Å². The lowest BCUT2D eigenvalue weighted by Gasteiger charge is -2.29. The maximum Gasteiger partial charge on any atom is 0.285 e. The summed E-state index contributed by atoms with van der Waals surface area (Å²) < 4.78 is 9.54. The molecule has 0 saturated heterocycles. The number of aromatic hydroxyl groups is 1. The van der Waals surface area contributed by atoms with Gasteiger partial charge in [-0.1, -0.05) is 29.8 Å². The van der Waals surface area contributed by atoms with Gasteiger partial charge in [0.2, 0.25) is 0 Å². The molecule has 1 amide bonds. The quantitative estimate of drug-likeness (QED) is 0.195. The lowest BCUT2D eigenvalue weighted by atomic mass is 9.93. The van der Waals surface area contributed by atoms with Gasteiger partial charge in [0.15, 0.2) is 0 Å². The van der Waals surface area contributed by atoms with E-state index in [4.69, 9.17) is 28.1 Å². The van der Waals surface area contributed by atoms with Crippen molar-refractivity contribution in [2.24, 2.45) is 0 Å². The van der Waals surface area contributed by atoms with Crippen molar-refractivity contribution < 1.29 is 14.6 Å². The molecule has 0 aliphatic carbocycles. The Labute approximate surface area is 233 Å². The van der Waals surface area contributed by atoms with Crippen LogP contribution in [0, 0.1) is 27.7 Å². The predicted molar refractivity (Wildman–Crippen MR) is 155 cm³/mol. The van der Waals surface area contributed by atoms with Gasteiger partial charge in [0.05, 0.1) is 24.7 Å². The van der Waals surface area contributed by atoms with Crippen LogP contribution < -0.4 is 4.74 Å². The number of rotatable bonds is 6. The molecule has 38 heavy (non-hydrogen) atoms. The van der Waals surface area contributed by atoms with Crippen LogP contribution in [-0.4, -0.2) is 33.2 Å². The highest BCUT2D eigenvalue weighted by atomic mass is 35.5. The summed E-state index contributed by atoms with van der Waals surface area (Å²) in [6.45, 7) is 11.0. The number of carbonyl (C=O) groups is 1. The Kier molecular flexibility index (Phi) is 7.10. The van der Waals surface area contributed by atoms with Crippen molar-refractivity contribution in [3.05, 3.63) is 81.0 Å². The molecule has 5 nitrogen and oxygen atoms in total. The molecule has 0 unspecified atom stereocenters. The minimum atomic E-state index is -0.175. The number of benzene rings is 3. The van der Waals surface area contributed by atoms with Crippen molar-refractivity contribution in [3.63, 3.8) is 0 Å². The van der Waals surface area contributed by atoms with Gasteiger partial charge in [-0.05, 0) is 105 Å². The molecule has 7 heteroatoms. The minimum Gasteiger partial charge on any atom is -0.508 e. The number of aromatic nitrogens is 1. The molecule has 1 aliphatic heterocycles. The molecule has 1 atom stereocenters. The maximum absolute atomic E-state index is 13.4. The zero-order valence-electron chi connectivity index (χ0n) is 22.4. The number of hydrogen-bond donors (Lipinski definition) is 1.